The Bertz CT molecular complexity index is 364. The van der Waals surface area contributed by atoms with E-state index in [-0.39, 0.29) is 11.9 Å². The monoisotopic (exact) mass is 248 g/mol. The van der Waals surface area contributed by atoms with E-state index in [1.165, 1.54) is 5.56 Å². The van der Waals surface area contributed by atoms with E-state index in [2.05, 4.69) is 19.1 Å². The Morgan fingerprint density at radius 2 is 1.94 bits per heavy atom. The molecule has 0 spiro atoms. The summed E-state index contributed by atoms with van der Waals surface area (Å²) in [5, 5.41) is 0. The normalized spacial score (nSPS) is 14.0. The largest absolute Gasteiger partial charge is 0.342 e. The lowest BCUT2D eigenvalue weighted by molar-refractivity contribution is -0.131. The van der Waals surface area contributed by atoms with Crippen LogP contribution in [0.1, 0.15) is 38.2 Å². The van der Waals surface area contributed by atoms with Crippen LogP contribution < -0.4 is 5.73 Å². The number of hydrogen-bond donors (Lipinski definition) is 1. The summed E-state index contributed by atoms with van der Waals surface area (Å²) in [7, 11) is 1.83. The summed E-state index contributed by atoms with van der Waals surface area (Å²) in [6.07, 6.45) is 1.53. The summed E-state index contributed by atoms with van der Waals surface area (Å²) >= 11 is 0. The van der Waals surface area contributed by atoms with Crippen molar-refractivity contribution < 1.29 is 4.79 Å². The van der Waals surface area contributed by atoms with Crippen LogP contribution in [0.3, 0.4) is 0 Å². The molecule has 0 radical (unpaired) electrons. The molecule has 1 rings (SSSR count). The average molecular weight is 248 g/mol. The van der Waals surface area contributed by atoms with Gasteiger partial charge in [-0.25, -0.2) is 0 Å². The number of carbonyl (C=O) groups is 1. The lowest BCUT2D eigenvalue weighted by atomic mass is 9.92. The smallest absolute Gasteiger partial charge is 0.223 e. The highest BCUT2D eigenvalue weighted by Gasteiger charge is 2.19. The first-order valence-electron chi connectivity index (χ1n) is 6.60. The first-order valence-corrected chi connectivity index (χ1v) is 6.60. The van der Waals surface area contributed by atoms with Gasteiger partial charge in [-0.2, -0.15) is 0 Å². The lowest BCUT2D eigenvalue weighted by Gasteiger charge is -2.26. The van der Waals surface area contributed by atoms with Crippen molar-refractivity contribution in [2.45, 2.75) is 38.6 Å². The summed E-state index contributed by atoms with van der Waals surface area (Å²) in [5.74, 6) is 0.467. The molecule has 0 saturated carbocycles. The molecule has 0 bridgehead atoms. The minimum atomic E-state index is 0.103. The maximum absolute atomic E-state index is 12.2. The second-order valence-electron chi connectivity index (χ2n) is 4.81. The van der Waals surface area contributed by atoms with Gasteiger partial charge in [0.15, 0.2) is 0 Å². The van der Waals surface area contributed by atoms with Crippen LogP contribution >= 0.6 is 0 Å². The lowest BCUT2D eigenvalue weighted by Crippen LogP contribution is -2.40. The molecule has 0 heterocycles. The fraction of sp³-hybridized carbons (Fsp3) is 0.533. The van der Waals surface area contributed by atoms with Crippen LogP contribution in [-0.4, -0.2) is 30.4 Å². The van der Waals surface area contributed by atoms with E-state index in [1.54, 1.807) is 4.90 Å². The van der Waals surface area contributed by atoms with Gasteiger partial charge in [0, 0.05) is 26.1 Å². The Kier molecular flexibility index (Phi) is 5.86. The second-order valence-corrected chi connectivity index (χ2v) is 4.81. The van der Waals surface area contributed by atoms with Crippen LogP contribution in [0.15, 0.2) is 30.3 Å². The fourth-order valence-electron chi connectivity index (χ4n) is 1.98. The predicted molar refractivity (Wildman–Crippen MR) is 75.4 cm³/mol. The van der Waals surface area contributed by atoms with Crippen molar-refractivity contribution >= 4 is 5.91 Å². The molecule has 0 aliphatic carbocycles. The standard InChI is InChI=1S/C15H24N2O/c1-4-13(14-8-6-5-7-9-14)10-15(18)17(3)12(2)11-16/h5-9,12-13H,4,10-11,16H2,1-3H3/t12-,13-/m0/s1. The van der Waals surface area contributed by atoms with Gasteiger partial charge in [0.25, 0.3) is 0 Å². The third-order valence-corrected chi connectivity index (χ3v) is 3.58. The highest BCUT2D eigenvalue weighted by Crippen LogP contribution is 2.23. The van der Waals surface area contributed by atoms with Crippen LogP contribution in [-0.2, 0) is 4.79 Å². The number of likely N-dealkylation sites (N-methyl/N-ethyl adjacent to an activating group) is 1. The molecule has 0 aliphatic rings. The molecular formula is C15H24N2O. The SMILES string of the molecule is CC[C@@H](CC(=O)N(C)[C@@H](C)CN)c1ccccc1. The Morgan fingerprint density at radius 1 is 1.33 bits per heavy atom. The second kappa shape index (κ2) is 7.17. The Hall–Kier alpha value is -1.35. The molecule has 0 aromatic heterocycles. The third kappa shape index (κ3) is 3.84. The van der Waals surface area contributed by atoms with E-state index in [1.807, 2.05) is 32.2 Å². The minimum Gasteiger partial charge on any atom is -0.342 e. The zero-order valence-electron chi connectivity index (χ0n) is 11.6. The van der Waals surface area contributed by atoms with Crippen LogP contribution in [0.25, 0.3) is 0 Å². The maximum Gasteiger partial charge on any atom is 0.223 e. The van der Waals surface area contributed by atoms with Gasteiger partial charge in [0.2, 0.25) is 5.91 Å². The molecule has 0 saturated heterocycles. The van der Waals surface area contributed by atoms with Gasteiger partial charge in [-0.1, -0.05) is 37.3 Å². The molecule has 2 N–H and O–H groups in total. The number of carbonyl (C=O) groups excluding carboxylic acids is 1. The summed E-state index contributed by atoms with van der Waals surface area (Å²) in [6.45, 7) is 4.60. The van der Waals surface area contributed by atoms with Gasteiger partial charge < -0.3 is 10.6 Å². The van der Waals surface area contributed by atoms with Crippen molar-refractivity contribution in [3.8, 4) is 0 Å². The highest BCUT2D eigenvalue weighted by atomic mass is 16.2. The number of benzene rings is 1. The predicted octanol–water partition coefficient (Wildman–Crippen LogP) is 2.38. The molecule has 1 aromatic rings. The van der Waals surface area contributed by atoms with Crippen molar-refractivity contribution in [3.63, 3.8) is 0 Å². The van der Waals surface area contributed by atoms with Crippen LogP contribution in [0.4, 0.5) is 0 Å². The fourth-order valence-corrected chi connectivity index (χ4v) is 1.98. The van der Waals surface area contributed by atoms with Crippen molar-refractivity contribution in [1.29, 1.82) is 0 Å². The van der Waals surface area contributed by atoms with E-state index in [9.17, 15) is 4.79 Å². The van der Waals surface area contributed by atoms with Gasteiger partial charge in [0.1, 0.15) is 0 Å². The van der Waals surface area contributed by atoms with Crippen molar-refractivity contribution in [1.82, 2.24) is 4.90 Å². The van der Waals surface area contributed by atoms with Gasteiger partial charge in [0.05, 0.1) is 0 Å². The summed E-state index contributed by atoms with van der Waals surface area (Å²) in [6, 6.07) is 10.3. The number of rotatable bonds is 6. The maximum atomic E-state index is 12.2. The molecule has 2 atom stereocenters. The molecule has 0 unspecified atom stereocenters. The van der Waals surface area contributed by atoms with Crippen LogP contribution in [0.5, 0.6) is 0 Å². The van der Waals surface area contributed by atoms with E-state index in [4.69, 9.17) is 5.73 Å². The van der Waals surface area contributed by atoms with Gasteiger partial charge >= 0.3 is 0 Å². The van der Waals surface area contributed by atoms with Gasteiger partial charge in [-0.15, -0.1) is 0 Å². The molecular weight excluding hydrogens is 224 g/mol. The van der Waals surface area contributed by atoms with Crippen LogP contribution in [0.2, 0.25) is 0 Å². The number of nitrogens with two attached hydrogens (primary N) is 1. The molecule has 1 amide bonds. The zero-order chi connectivity index (χ0) is 13.5. The molecule has 18 heavy (non-hydrogen) atoms. The Morgan fingerprint density at radius 3 is 2.44 bits per heavy atom. The van der Waals surface area contributed by atoms with E-state index in [0.717, 1.165) is 6.42 Å². The molecule has 0 aliphatic heterocycles. The number of amides is 1. The van der Waals surface area contributed by atoms with Crippen LogP contribution in [0, 0.1) is 0 Å². The van der Waals surface area contributed by atoms with E-state index >= 15 is 0 Å². The summed E-state index contributed by atoms with van der Waals surface area (Å²) in [5.41, 5.74) is 6.83. The summed E-state index contributed by atoms with van der Waals surface area (Å²) < 4.78 is 0. The van der Waals surface area contributed by atoms with Crippen molar-refractivity contribution in [2.24, 2.45) is 5.73 Å². The zero-order valence-corrected chi connectivity index (χ0v) is 11.6. The third-order valence-electron chi connectivity index (χ3n) is 3.58. The quantitative estimate of drug-likeness (QED) is 0.840. The molecule has 0 fully saturated rings. The van der Waals surface area contributed by atoms with Gasteiger partial charge in [-0.05, 0) is 24.8 Å². The molecule has 100 valence electrons. The van der Waals surface area contributed by atoms with E-state index in [0.29, 0.717) is 18.9 Å². The Balaban J connectivity index is 2.67. The van der Waals surface area contributed by atoms with Crippen molar-refractivity contribution in [3.05, 3.63) is 35.9 Å². The average Bonchev–Trinajstić information content (AvgIpc) is 2.43. The number of hydrogen-bond acceptors (Lipinski definition) is 2. The molecule has 3 nitrogen and oxygen atoms in total. The van der Waals surface area contributed by atoms with Crippen molar-refractivity contribution in [2.75, 3.05) is 13.6 Å². The number of nitrogens with zero attached hydrogens (tertiary/aromatic N) is 1. The topological polar surface area (TPSA) is 46.3 Å². The van der Waals surface area contributed by atoms with E-state index < -0.39 is 0 Å². The van der Waals surface area contributed by atoms with Gasteiger partial charge in [-0.3, -0.25) is 4.79 Å². The summed E-state index contributed by atoms with van der Waals surface area (Å²) in [4.78, 5) is 13.9. The molecule has 1 aromatic carbocycles. The highest BCUT2D eigenvalue weighted by molar-refractivity contribution is 5.77. The first-order chi connectivity index (χ1) is 8.60. The minimum absolute atomic E-state index is 0.103. The molecule has 3 heteroatoms. The Labute approximate surface area is 110 Å². The first kappa shape index (κ1) is 14.7.